The molecule has 0 aromatic rings. The van der Waals surface area contributed by atoms with Crippen LogP contribution in [0, 0.1) is 0 Å². The summed E-state index contributed by atoms with van der Waals surface area (Å²) in [6.07, 6.45) is 93.8. The highest BCUT2D eigenvalue weighted by molar-refractivity contribution is 7.47. The highest BCUT2D eigenvalue weighted by Gasteiger charge is 2.29. The van der Waals surface area contributed by atoms with Crippen LogP contribution in [0.2, 0.25) is 0 Å². The molecule has 0 saturated carbocycles. The van der Waals surface area contributed by atoms with Crippen LogP contribution in [0.3, 0.4) is 0 Å². The lowest BCUT2D eigenvalue weighted by atomic mass is 10.1. The van der Waals surface area contributed by atoms with E-state index in [2.05, 4.69) is 191 Å². The van der Waals surface area contributed by atoms with Gasteiger partial charge in [0.25, 0.3) is 0 Å². The van der Waals surface area contributed by atoms with Crippen molar-refractivity contribution in [3.05, 3.63) is 170 Å². The average molecular weight is 1450 g/mol. The molecular weight excluding hydrogens is 1310 g/mol. The lowest BCUT2D eigenvalue weighted by Gasteiger charge is -2.21. The minimum absolute atomic E-state index is 0.0719. The van der Waals surface area contributed by atoms with Crippen molar-refractivity contribution in [3.63, 3.8) is 0 Å². The number of carbonyl (C=O) groups excluding carboxylic acids is 3. The molecular formula is C83H136O16P2. The summed E-state index contributed by atoms with van der Waals surface area (Å²) >= 11 is 0. The zero-order valence-electron chi connectivity index (χ0n) is 62.5. The van der Waals surface area contributed by atoms with Gasteiger partial charge >= 0.3 is 33.6 Å². The molecule has 101 heavy (non-hydrogen) atoms. The van der Waals surface area contributed by atoms with E-state index >= 15 is 0 Å². The summed E-state index contributed by atoms with van der Waals surface area (Å²) in [6, 6.07) is 0. The Morgan fingerprint density at radius 3 is 0.832 bits per heavy atom. The number of rotatable bonds is 71. The monoisotopic (exact) mass is 1450 g/mol. The lowest BCUT2D eigenvalue weighted by Crippen LogP contribution is -2.30. The van der Waals surface area contributed by atoms with Crippen molar-refractivity contribution in [2.45, 2.75) is 296 Å². The standard InChI is InChI=1S/C83H136O16P2/c1-4-7-10-13-16-19-22-25-28-31-34-37-38-41-43-45-48-51-54-57-60-63-66-69-81(86)93-72-78(84)73-95-100(89,90)96-74-79(85)75-97-101(91,92)98-77-80(99-83(88)71-68-65-62-59-56-53-50-47-44-40-36-33-30-27-24-21-18-15-12-9-6-3)76-94-82(87)70-67-64-61-58-55-52-49-46-42-39-35-32-29-26-23-20-17-14-11-8-5-2/h7,10,16-21,25-30,34-37,39-41,43,46-51,78-80,84-85H,4-6,8-9,11-15,22-24,31-33,38,42,44-45,52-77H2,1-3H3,(H,89,90)(H,91,92)/b10-7-,19-16-,20-17-,21-18-,28-25-,29-26-,30-27-,37-34-,39-35-,40-36-,43-41-,49-46-,50-47-,51-48-. The van der Waals surface area contributed by atoms with Crippen LogP contribution in [0.4, 0.5) is 0 Å². The maximum Gasteiger partial charge on any atom is 0.472 e. The maximum atomic E-state index is 13.0. The third-order valence-electron chi connectivity index (χ3n) is 15.4. The topological polar surface area (TPSA) is 231 Å². The molecule has 0 aromatic carbocycles. The summed E-state index contributed by atoms with van der Waals surface area (Å²) < 4.78 is 61.1. The molecule has 0 saturated heterocycles. The van der Waals surface area contributed by atoms with Crippen molar-refractivity contribution >= 4 is 33.6 Å². The lowest BCUT2D eigenvalue weighted by molar-refractivity contribution is -0.161. The molecule has 0 aliphatic heterocycles. The number of carbonyl (C=O) groups is 3. The van der Waals surface area contributed by atoms with Crippen molar-refractivity contribution in [2.75, 3.05) is 39.6 Å². The summed E-state index contributed by atoms with van der Waals surface area (Å²) in [6.45, 7) is 2.41. The van der Waals surface area contributed by atoms with Gasteiger partial charge in [-0.3, -0.25) is 32.5 Å². The van der Waals surface area contributed by atoms with E-state index in [0.717, 1.165) is 173 Å². The Bertz CT molecular complexity index is 2520. The number of unbranched alkanes of at least 4 members (excludes halogenated alkanes) is 20. The Balaban J connectivity index is 4.79. The molecule has 0 bridgehead atoms. The number of ether oxygens (including phenoxy) is 3. The predicted molar refractivity (Wildman–Crippen MR) is 417 cm³/mol. The number of hydrogen-bond acceptors (Lipinski definition) is 14. The minimum atomic E-state index is -4.95. The molecule has 0 aliphatic rings. The number of esters is 3. The molecule has 0 radical (unpaired) electrons. The van der Waals surface area contributed by atoms with Gasteiger partial charge in [-0.25, -0.2) is 9.13 Å². The fourth-order valence-electron chi connectivity index (χ4n) is 9.54. The van der Waals surface area contributed by atoms with Crippen molar-refractivity contribution in [1.82, 2.24) is 0 Å². The minimum Gasteiger partial charge on any atom is -0.463 e. The van der Waals surface area contributed by atoms with Crippen LogP contribution in [0.15, 0.2) is 170 Å². The van der Waals surface area contributed by atoms with Crippen LogP contribution in [0.5, 0.6) is 0 Å². The first-order valence-electron chi connectivity index (χ1n) is 38.4. The van der Waals surface area contributed by atoms with Gasteiger partial charge in [-0.15, -0.1) is 0 Å². The molecule has 0 aliphatic carbocycles. The summed E-state index contributed by atoms with van der Waals surface area (Å²) in [4.78, 5) is 58.7. The number of hydrogen-bond donors (Lipinski definition) is 4. The van der Waals surface area contributed by atoms with Gasteiger partial charge in [0.15, 0.2) is 6.10 Å². The molecule has 0 amide bonds. The van der Waals surface area contributed by atoms with E-state index in [9.17, 15) is 43.5 Å². The van der Waals surface area contributed by atoms with Crippen molar-refractivity contribution in [1.29, 1.82) is 0 Å². The molecule has 0 fully saturated rings. The number of phosphoric ester groups is 2. The van der Waals surface area contributed by atoms with Crippen LogP contribution in [-0.4, -0.2) is 95.9 Å². The Morgan fingerprint density at radius 1 is 0.287 bits per heavy atom. The van der Waals surface area contributed by atoms with Crippen LogP contribution in [-0.2, 0) is 55.8 Å². The second-order valence-corrected chi connectivity index (χ2v) is 28.0. The van der Waals surface area contributed by atoms with Gasteiger partial charge < -0.3 is 34.2 Å². The van der Waals surface area contributed by atoms with E-state index in [4.69, 9.17) is 32.3 Å². The number of allylic oxidation sites excluding steroid dienone is 28. The van der Waals surface area contributed by atoms with E-state index in [1.807, 2.05) is 0 Å². The second-order valence-electron chi connectivity index (χ2n) is 25.1. The summed E-state index contributed by atoms with van der Waals surface area (Å²) in [5, 5.41) is 20.6. The Hall–Kier alpha value is -5.09. The second kappa shape index (κ2) is 74.6. The van der Waals surface area contributed by atoms with Gasteiger partial charge in [0.2, 0.25) is 0 Å². The van der Waals surface area contributed by atoms with Gasteiger partial charge in [-0.05, 0) is 161 Å². The fourth-order valence-corrected chi connectivity index (χ4v) is 11.1. The molecule has 5 atom stereocenters. The number of aliphatic hydroxyl groups is 2. The molecule has 0 heterocycles. The van der Waals surface area contributed by atoms with E-state index in [0.29, 0.717) is 19.3 Å². The molecule has 0 aromatic heterocycles. The third-order valence-corrected chi connectivity index (χ3v) is 17.3. The van der Waals surface area contributed by atoms with Crippen molar-refractivity contribution in [3.8, 4) is 0 Å². The fraction of sp³-hybridized carbons (Fsp3) is 0.627. The van der Waals surface area contributed by atoms with E-state index < -0.39 is 91.5 Å². The zero-order valence-corrected chi connectivity index (χ0v) is 64.3. The van der Waals surface area contributed by atoms with E-state index in [1.165, 1.54) is 44.9 Å². The van der Waals surface area contributed by atoms with Gasteiger partial charge in [0.1, 0.15) is 25.4 Å². The highest BCUT2D eigenvalue weighted by atomic mass is 31.2. The molecule has 18 heteroatoms. The highest BCUT2D eigenvalue weighted by Crippen LogP contribution is 2.45. The van der Waals surface area contributed by atoms with Crippen LogP contribution >= 0.6 is 15.6 Å². The average Bonchev–Trinajstić information content (AvgIpc) is 0.951. The first kappa shape index (κ1) is 95.9. The van der Waals surface area contributed by atoms with Crippen molar-refractivity contribution < 1.29 is 75.8 Å². The maximum absolute atomic E-state index is 13.0. The molecule has 0 spiro atoms. The Kier molecular flexibility index (Phi) is 70.9. The molecule has 5 unspecified atom stereocenters. The van der Waals surface area contributed by atoms with Gasteiger partial charge in [-0.2, -0.15) is 0 Å². The third kappa shape index (κ3) is 75.9. The molecule has 4 N–H and O–H groups in total. The Morgan fingerprint density at radius 2 is 0.525 bits per heavy atom. The van der Waals surface area contributed by atoms with Crippen molar-refractivity contribution in [2.24, 2.45) is 0 Å². The largest absolute Gasteiger partial charge is 0.472 e. The predicted octanol–water partition coefficient (Wildman–Crippen LogP) is 22.4. The quantitative estimate of drug-likeness (QED) is 0.0146. The first-order valence-corrected chi connectivity index (χ1v) is 41.4. The summed E-state index contributed by atoms with van der Waals surface area (Å²) in [5.74, 6) is -1.65. The Labute approximate surface area is 612 Å². The normalized spacial score (nSPS) is 15.0. The first-order chi connectivity index (χ1) is 49.2. The van der Waals surface area contributed by atoms with Crippen LogP contribution in [0.1, 0.15) is 278 Å². The van der Waals surface area contributed by atoms with Crippen LogP contribution in [0.25, 0.3) is 0 Å². The van der Waals surface area contributed by atoms with Gasteiger partial charge in [0.05, 0.1) is 26.4 Å². The van der Waals surface area contributed by atoms with E-state index in [-0.39, 0.29) is 19.3 Å². The summed E-state index contributed by atoms with van der Waals surface area (Å²) in [5.41, 5.74) is 0. The van der Waals surface area contributed by atoms with Crippen LogP contribution < -0.4 is 0 Å². The summed E-state index contributed by atoms with van der Waals surface area (Å²) in [7, 11) is -9.82. The van der Waals surface area contributed by atoms with Gasteiger partial charge in [0, 0.05) is 19.3 Å². The molecule has 0 rings (SSSR count). The zero-order chi connectivity index (χ0) is 73.7. The molecule has 574 valence electrons. The number of aliphatic hydroxyl groups excluding tert-OH is 2. The number of phosphoric acid groups is 2. The van der Waals surface area contributed by atoms with Gasteiger partial charge in [-0.1, -0.05) is 268 Å². The van der Waals surface area contributed by atoms with E-state index in [1.54, 1.807) is 0 Å². The smallest absolute Gasteiger partial charge is 0.463 e. The SMILES string of the molecule is CC/C=C\C/C=C\C/C=C\C/C=C\C/C=C\C/C=C\CCCCCCC(=O)OCC(O)COP(=O)(O)OCC(O)COP(=O)(O)OCC(COC(=O)CCCCCCC/C=C\C/C=C\C/C=C\C/C=C\CCCCC)OC(=O)CCCCCCC/C=C\C/C=C\C/C=C\C/C=C\CCCCC. The molecule has 16 nitrogen and oxygen atoms in total.